The molecule has 0 bridgehead atoms. The van der Waals surface area contributed by atoms with Crippen LogP contribution in [0.15, 0.2) is 24.3 Å². The molecule has 1 rings (SSSR count). The fourth-order valence-electron chi connectivity index (χ4n) is 1.98. The van der Waals surface area contributed by atoms with Crippen LogP contribution >= 0.6 is 0 Å². The molecule has 0 saturated heterocycles. The van der Waals surface area contributed by atoms with Crippen molar-refractivity contribution in [1.82, 2.24) is 10.6 Å². The second-order valence-electron chi connectivity index (χ2n) is 5.50. The van der Waals surface area contributed by atoms with Crippen molar-refractivity contribution in [3.8, 4) is 0 Å². The lowest BCUT2D eigenvalue weighted by Crippen LogP contribution is -2.41. The Hall–Kier alpha value is -1.88. The van der Waals surface area contributed by atoms with Gasteiger partial charge in [-0.05, 0) is 25.0 Å². The molecule has 0 radical (unpaired) electrons. The Labute approximate surface area is 126 Å². The molecule has 0 aliphatic rings. The van der Waals surface area contributed by atoms with E-state index in [0.717, 1.165) is 5.56 Å². The highest BCUT2D eigenvalue weighted by Crippen LogP contribution is 2.08. The van der Waals surface area contributed by atoms with Gasteiger partial charge in [0, 0.05) is 25.2 Å². The number of carbonyl (C=O) groups is 2. The SMILES string of the molecule is Cc1ccc(C(=O)NCCNC(=O)C(CN)C(C)C)cc1. The fourth-order valence-corrected chi connectivity index (χ4v) is 1.98. The number of hydrogen-bond donors (Lipinski definition) is 3. The third-order valence-corrected chi connectivity index (χ3v) is 3.42. The molecule has 5 heteroatoms. The number of nitrogens with two attached hydrogens (primary N) is 1. The van der Waals surface area contributed by atoms with Crippen LogP contribution in [0.4, 0.5) is 0 Å². The summed E-state index contributed by atoms with van der Waals surface area (Å²) in [5.41, 5.74) is 7.32. The minimum absolute atomic E-state index is 0.0583. The van der Waals surface area contributed by atoms with E-state index in [2.05, 4.69) is 10.6 Å². The van der Waals surface area contributed by atoms with Crippen LogP contribution in [0.3, 0.4) is 0 Å². The molecule has 1 aromatic rings. The number of benzene rings is 1. The first-order valence-corrected chi connectivity index (χ1v) is 7.28. The molecule has 1 aromatic carbocycles. The van der Waals surface area contributed by atoms with Crippen LogP contribution in [-0.2, 0) is 4.79 Å². The summed E-state index contributed by atoms with van der Waals surface area (Å²) < 4.78 is 0. The largest absolute Gasteiger partial charge is 0.354 e. The summed E-state index contributed by atoms with van der Waals surface area (Å²) in [4.78, 5) is 23.7. The van der Waals surface area contributed by atoms with Gasteiger partial charge < -0.3 is 16.4 Å². The Kier molecular flexibility index (Phi) is 6.88. The molecule has 0 fully saturated rings. The Morgan fingerprint density at radius 2 is 1.67 bits per heavy atom. The third kappa shape index (κ3) is 5.55. The van der Waals surface area contributed by atoms with Gasteiger partial charge in [-0.3, -0.25) is 9.59 Å². The van der Waals surface area contributed by atoms with E-state index in [1.54, 1.807) is 12.1 Å². The lowest BCUT2D eigenvalue weighted by molar-refractivity contribution is -0.125. The first kappa shape index (κ1) is 17.2. The summed E-state index contributed by atoms with van der Waals surface area (Å²) in [5, 5.41) is 5.57. The second-order valence-corrected chi connectivity index (χ2v) is 5.50. The molecule has 1 unspecified atom stereocenters. The zero-order valence-corrected chi connectivity index (χ0v) is 13.0. The molecule has 2 amide bonds. The average Bonchev–Trinajstić information content (AvgIpc) is 2.44. The topological polar surface area (TPSA) is 84.2 Å². The summed E-state index contributed by atoms with van der Waals surface area (Å²) >= 11 is 0. The van der Waals surface area contributed by atoms with Gasteiger partial charge in [-0.15, -0.1) is 0 Å². The molecule has 4 N–H and O–H groups in total. The van der Waals surface area contributed by atoms with Gasteiger partial charge in [0.15, 0.2) is 0 Å². The van der Waals surface area contributed by atoms with E-state index in [1.807, 2.05) is 32.9 Å². The van der Waals surface area contributed by atoms with Crippen LogP contribution in [-0.4, -0.2) is 31.4 Å². The second kappa shape index (κ2) is 8.42. The molecule has 0 heterocycles. The van der Waals surface area contributed by atoms with Crippen LogP contribution < -0.4 is 16.4 Å². The molecule has 5 nitrogen and oxygen atoms in total. The highest BCUT2D eigenvalue weighted by Gasteiger charge is 2.19. The van der Waals surface area contributed by atoms with Crippen molar-refractivity contribution in [3.63, 3.8) is 0 Å². The van der Waals surface area contributed by atoms with E-state index in [4.69, 9.17) is 5.73 Å². The summed E-state index contributed by atoms with van der Waals surface area (Å²) in [6.07, 6.45) is 0. The smallest absolute Gasteiger partial charge is 0.251 e. The first-order chi connectivity index (χ1) is 9.95. The van der Waals surface area contributed by atoms with Gasteiger partial charge in [0.05, 0.1) is 5.92 Å². The molecule has 0 aliphatic heterocycles. The van der Waals surface area contributed by atoms with E-state index in [-0.39, 0.29) is 23.7 Å². The first-order valence-electron chi connectivity index (χ1n) is 7.28. The minimum atomic E-state index is -0.183. The van der Waals surface area contributed by atoms with Crippen molar-refractivity contribution in [2.45, 2.75) is 20.8 Å². The molecule has 0 aromatic heterocycles. The van der Waals surface area contributed by atoms with E-state index in [0.29, 0.717) is 25.2 Å². The van der Waals surface area contributed by atoms with Crippen molar-refractivity contribution in [1.29, 1.82) is 0 Å². The maximum atomic E-state index is 11.9. The van der Waals surface area contributed by atoms with E-state index < -0.39 is 0 Å². The highest BCUT2D eigenvalue weighted by molar-refractivity contribution is 5.94. The number of carbonyl (C=O) groups excluding carboxylic acids is 2. The van der Waals surface area contributed by atoms with Crippen LogP contribution in [0.5, 0.6) is 0 Å². The lowest BCUT2D eigenvalue weighted by Gasteiger charge is -2.18. The third-order valence-electron chi connectivity index (χ3n) is 3.42. The highest BCUT2D eigenvalue weighted by atomic mass is 16.2. The number of aryl methyl sites for hydroxylation is 1. The van der Waals surface area contributed by atoms with Gasteiger partial charge in [-0.25, -0.2) is 0 Å². The van der Waals surface area contributed by atoms with Gasteiger partial charge in [0.2, 0.25) is 5.91 Å². The van der Waals surface area contributed by atoms with Gasteiger partial charge in [-0.2, -0.15) is 0 Å². The summed E-state index contributed by atoms with van der Waals surface area (Å²) in [6, 6.07) is 7.36. The van der Waals surface area contributed by atoms with Crippen molar-refractivity contribution in [3.05, 3.63) is 35.4 Å². The molecule has 1 atom stereocenters. The zero-order chi connectivity index (χ0) is 15.8. The number of nitrogens with one attached hydrogen (secondary N) is 2. The van der Waals surface area contributed by atoms with Gasteiger partial charge in [0.25, 0.3) is 5.91 Å². The fraction of sp³-hybridized carbons (Fsp3) is 0.500. The maximum absolute atomic E-state index is 11.9. The van der Waals surface area contributed by atoms with E-state index >= 15 is 0 Å². The Morgan fingerprint density at radius 1 is 1.10 bits per heavy atom. The number of amides is 2. The summed E-state index contributed by atoms with van der Waals surface area (Å²) in [5.74, 6) is -0.171. The molecular weight excluding hydrogens is 266 g/mol. The number of rotatable bonds is 7. The average molecular weight is 291 g/mol. The van der Waals surface area contributed by atoms with Crippen LogP contribution in [0.25, 0.3) is 0 Å². The Balaban J connectivity index is 2.32. The summed E-state index contributed by atoms with van der Waals surface area (Å²) in [7, 11) is 0. The van der Waals surface area contributed by atoms with Crippen molar-refractivity contribution >= 4 is 11.8 Å². The van der Waals surface area contributed by atoms with Gasteiger partial charge >= 0.3 is 0 Å². The standard InChI is InChI=1S/C16H25N3O2/c1-11(2)14(10-17)16(21)19-9-8-18-15(20)13-6-4-12(3)5-7-13/h4-7,11,14H,8-10,17H2,1-3H3,(H,18,20)(H,19,21). The molecular formula is C16H25N3O2. The zero-order valence-electron chi connectivity index (χ0n) is 13.0. The Morgan fingerprint density at radius 3 is 2.19 bits per heavy atom. The van der Waals surface area contributed by atoms with Crippen LogP contribution in [0.2, 0.25) is 0 Å². The van der Waals surface area contributed by atoms with Crippen molar-refractivity contribution in [2.75, 3.05) is 19.6 Å². The van der Waals surface area contributed by atoms with E-state index in [9.17, 15) is 9.59 Å². The predicted molar refractivity (Wildman–Crippen MR) is 83.9 cm³/mol. The monoisotopic (exact) mass is 291 g/mol. The molecule has 21 heavy (non-hydrogen) atoms. The van der Waals surface area contributed by atoms with Gasteiger partial charge in [-0.1, -0.05) is 31.5 Å². The van der Waals surface area contributed by atoms with Gasteiger partial charge in [0.1, 0.15) is 0 Å². The normalized spacial score (nSPS) is 12.0. The lowest BCUT2D eigenvalue weighted by atomic mass is 9.95. The number of hydrogen-bond acceptors (Lipinski definition) is 3. The molecule has 0 saturated carbocycles. The van der Waals surface area contributed by atoms with Crippen LogP contribution in [0, 0.1) is 18.8 Å². The minimum Gasteiger partial charge on any atom is -0.354 e. The molecule has 0 aliphatic carbocycles. The maximum Gasteiger partial charge on any atom is 0.251 e. The van der Waals surface area contributed by atoms with Crippen molar-refractivity contribution < 1.29 is 9.59 Å². The van der Waals surface area contributed by atoms with Crippen molar-refractivity contribution in [2.24, 2.45) is 17.6 Å². The predicted octanol–water partition coefficient (Wildman–Crippen LogP) is 1.07. The molecule has 0 spiro atoms. The quantitative estimate of drug-likeness (QED) is 0.657. The van der Waals surface area contributed by atoms with Crippen LogP contribution in [0.1, 0.15) is 29.8 Å². The van der Waals surface area contributed by atoms with E-state index in [1.165, 1.54) is 0 Å². The summed E-state index contributed by atoms with van der Waals surface area (Å²) in [6.45, 7) is 7.04. The Bertz CT molecular complexity index is 469. The molecule has 116 valence electrons.